The SMILES string of the molecule is Cc1ccc(C)c(S(=O)(=O)Nc2ccccc2C(=O)OCC(=O)NC2CC2)c1. The van der Waals surface area contributed by atoms with Crippen molar-refractivity contribution in [2.24, 2.45) is 0 Å². The number of anilines is 1. The predicted molar refractivity (Wildman–Crippen MR) is 105 cm³/mol. The molecule has 0 heterocycles. The highest BCUT2D eigenvalue weighted by atomic mass is 32.2. The highest BCUT2D eigenvalue weighted by molar-refractivity contribution is 7.92. The van der Waals surface area contributed by atoms with Crippen molar-refractivity contribution in [2.45, 2.75) is 37.6 Å². The van der Waals surface area contributed by atoms with Gasteiger partial charge in [-0.3, -0.25) is 9.52 Å². The number of amides is 1. The molecule has 2 aromatic carbocycles. The van der Waals surface area contributed by atoms with Gasteiger partial charge in [-0.05, 0) is 56.0 Å². The molecule has 0 aliphatic heterocycles. The molecule has 3 rings (SSSR count). The van der Waals surface area contributed by atoms with Gasteiger partial charge in [0.25, 0.3) is 15.9 Å². The van der Waals surface area contributed by atoms with E-state index in [0.29, 0.717) is 5.56 Å². The number of carbonyl (C=O) groups is 2. The molecular formula is C20H22N2O5S. The highest BCUT2D eigenvalue weighted by Gasteiger charge is 2.25. The Balaban J connectivity index is 1.76. The Hall–Kier alpha value is -2.87. The molecule has 1 aliphatic carbocycles. The Labute approximate surface area is 164 Å². The predicted octanol–water partition coefficient (Wildman–Crippen LogP) is 2.54. The minimum absolute atomic E-state index is 0.0376. The van der Waals surface area contributed by atoms with E-state index in [0.717, 1.165) is 18.4 Å². The average molecular weight is 402 g/mol. The van der Waals surface area contributed by atoms with Crippen molar-refractivity contribution in [3.05, 3.63) is 59.2 Å². The maximum Gasteiger partial charge on any atom is 0.340 e. The van der Waals surface area contributed by atoms with E-state index in [1.54, 1.807) is 38.1 Å². The van der Waals surface area contributed by atoms with Gasteiger partial charge in [-0.1, -0.05) is 24.3 Å². The summed E-state index contributed by atoms with van der Waals surface area (Å²) in [5, 5.41) is 2.72. The number of aryl methyl sites for hydroxylation is 2. The van der Waals surface area contributed by atoms with E-state index < -0.39 is 22.6 Å². The first-order valence-electron chi connectivity index (χ1n) is 8.92. The zero-order valence-corrected chi connectivity index (χ0v) is 16.5. The molecule has 8 heteroatoms. The fourth-order valence-corrected chi connectivity index (χ4v) is 4.06. The van der Waals surface area contributed by atoms with Gasteiger partial charge in [0.2, 0.25) is 0 Å². The van der Waals surface area contributed by atoms with Gasteiger partial charge >= 0.3 is 5.97 Å². The Morgan fingerprint density at radius 2 is 1.82 bits per heavy atom. The molecule has 7 nitrogen and oxygen atoms in total. The van der Waals surface area contributed by atoms with Crippen molar-refractivity contribution in [1.29, 1.82) is 0 Å². The van der Waals surface area contributed by atoms with Crippen molar-refractivity contribution in [2.75, 3.05) is 11.3 Å². The molecule has 1 fully saturated rings. The first kappa shape index (κ1) is 19.9. The standard InChI is InChI=1S/C20H22N2O5S/c1-13-7-8-14(2)18(11-13)28(25,26)22-17-6-4-3-5-16(17)20(24)27-12-19(23)21-15-9-10-15/h3-8,11,15,22H,9-10,12H2,1-2H3,(H,21,23). The Kier molecular flexibility index (Phi) is 5.69. The Morgan fingerprint density at radius 1 is 1.11 bits per heavy atom. The molecule has 0 atom stereocenters. The Bertz CT molecular complexity index is 1010. The number of ether oxygens (including phenoxy) is 1. The number of rotatable bonds is 7. The second kappa shape index (κ2) is 8.02. The monoisotopic (exact) mass is 402 g/mol. The van der Waals surface area contributed by atoms with Crippen LogP contribution in [0.5, 0.6) is 0 Å². The van der Waals surface area contributed by atoms with Gasteiger partial charge in [0.1, 0.15) is 0 Å². The topological polar surface area (TPSA) is 102 Å². The summed E-state index contributed by atoms with van der Waals surface area (Å²) in [6.07, 6.45) is 1.87. The lowest BCUT2D eigenvalue weighted by molar-refractivity contribution is -0.124. The van der Waals surface area contributed by atoms with Gasteiger partial charge in [-0.25, -0.2) is 13.2 Å². The summed E-state index contributed by atoms with van der Waals surface area (Å²) in [6.45, 7) is 3.09. The molecule has 0 bridgehead atoms. The van der Waals surface area contributed by atoms with Crippen LogP contribution in [0, 0.1) is 13.8 Å². The van der Waals surface area contributed by atoms with E-state index in [1.807, 2.05) is 6.07 Å². The fourth-order valence-electron chi connectivity index (χ4n) is 2.65. The fraction of sp³-hybridized carbons (Fsp3) is 0.300. The molecule has 1 aliphatic rings. The van der Waals surface area contributed by atoms with E-state index in [4.69, 9.17) is 4.74 Å². The number of hydrogen-bond acceptors (Lipinski definition) is 5. The van der Waals surface area contributed by atoms with Crippen LogP contribution < -0.4 is 10.0 Å². The molecule has 2 aromatic rings. The molecule has 1 saturated carbocycles. The maximum atomic E-state index is 12.8. The summed E-state index contributed by atoms with van der Waals surface area (Å²) >= 11 is 0. The summed E-state index contributed by atoms with van der Waals surface area (Å²) in [5.74, 6) is -1.14. The lowest BCUT2D eigenvalue weighted by atomic mass is 10.2. The molecule has 0 radical (unpaired) electrons. The molecule has 0 aromatic heterocycles. The number of sulfonamides is 1. The van der Waals surface area contributed by atoms with Crippen molar-refractivity contribution >= 4 is 27.6 Å². The normalized spacial score (nSPS) is 13.6. The van der Waals surface area contributed by atoms with Gasteiger partial charge in [-0.15, -0.1) is 0 Å². The number of esters is 1. The maximum absolute atomic E-state index is 12.8. The molecular weight excluding hydrogens is 380 g/mol. The summed E-state index contributed by atoms with van der Waals surface area (Å²) in [5.41, 5.74) is 1.53. The van der Waals surface area contributed by atoms with E-state index in [9.17, 15) is 18.0 Å². The lowest BCUT2D eigenvalue weighted by Gasteiger charge is -2.14. The first-order chi connectivity index (χ1) is 13.3. The van der Waals surface area contributed by atoms with Crippen LogP contribution in [0.4, 0.5) is 5.69 Å². The zero-order chi connectivity index (χ0) is 20.3. The average Bonchev–Trinajstić information content (AvgIpc) is 3.45. The number of para-hydroxylation sites is 1. The van der Waals surface area contributed by atoms with Crippen LogP contribution in [0.25, 0.3) is 0 Å². The molecule has 0 saturated heterocycles. The molecule has 0 unspecified atom stereocenters. The van der Waals surface area contributed by atoms with Gasteiger partial charge in [0.05, 0.1) is 16.1 Å². The zero-order valence-electron chi connectivity index (χ0n) is 15.7. The minimum Gasteiger partial charge on any atom is -0.452 e. The molecule has 28 heavy (non-hydrogen) atoms. The van der Waals surface area contributed by atoms with E-state index >= 15 is 0 Å². The number of hydrogen-bond donors (Lipinski definition) is 2. The second-order valence-corrected chi connectivity index (χ2v) is 8.49. The lowest BCUT2D eigenvalue weighted by Crippen LogP contribution is -2.30. The summed E-state index contributed by atoms with van der Waals surface area (Å²) in [7, 11) is -3.90. The quantitative estimate of drug-likeness (QED) is 0.693. The molecule has 0 spiro atoms. The van der Waals surface area contributed by atoms with E-state index in [1.165, 1.54) is 12.1 Å². The number of nitrogens with one attached hydrogen (secondary N) is 2. The molecule has 2 N–H and O–H groups in total. The number of carbonyl (C=O) groups excluding carboxylic acids is 2. The van der Waals surface area contributed by atoms with Crippen LogP contribution in [0.3, 0.4) is 0 Å². The van der Waals surface area contributed by atoms with Crippen molar-refractivity contribution in [3.8, 4) is 0 Å². The third kappa shape index (κ3) is 4.89. The summed E-state index contributed by atoms with van der Waals surface area (Å²) in [6, 6.07) is 11.4. The third-order valence-corrected chi connectivity index (χ3v) is 5.81. The van der Waals surface area contributed by atoms with Gasteiger partial charge in [0.15, 0.2) is 6.61 Å². The number of benzene rings is 2. The third-order valence-electron chi connectivity index (χ3n) is 4.30. The smallest absolute Gasteiger partial charge is 0.340 e. The summed E-state index contributed by atoms with van der Waals surface area (Å²) in [4.78, 5) is 24.2. The van der Waals surface area contributed by atoms with E-state index in [2.05, 4.69) is 10.0 Å². The van der Waals surface area contributed by atoms with Crippen LogP contribution in [-0.4, -0.2) is 32.9 Å². The van der Waals surface area contributed by atoms with Crippen LogP contribution >= 0.6 is 0 Å². The van der Waals surface area contributed by atoms with Crippen LogP contribution in [0.1, 0.15) is 34.3 Å². The van der Waals surface area contributed by atoms with Crippen molar-refractivity contribution in [3.63, 3.8) is 0 Å². The first-order valence-corrected chi connectivity index (χ1v) is 10.4. The van der Waals surface area contributed by atoms with Gasteiger partial charge in [0, 0.05) is 6.04 Å². The van der Waals surface area contributed by atoms with Crippen molar-refractivity contribution < 1.29 is 22.7 Å². The molecule has 1 amide bonds. The summed E-state index contributed by atoms with van der Waals surface area (Å²) < 4.78 is 33.1. The Morgan fingerprint density at radius 3 is 2.54 bits per heavy atom. The highest BCUT2D eigenvalue weighted by Crippen LogP contribution is 2.23. The van der Waals surface area contributed by atoms with Gasteiger partial charge in [-0.2, -0.15) is 0 Å². The minimum atomic E-state index is -3.90. The van der Waals surface area contributed by atoms with Crippen molar-refractivity contribution in [1.82, 2.24) is 5.32 Å². The second-order valence-electron chi connectivity index (χ2n) is 6.84. The van der Waals surface area contributed by atoms with Crippen LogP contribution in [-0.2, 0) is 19.6 Å². The largest absolute Gasteiger partial charge is 0.452 e. The van der Waals surface area contributed by atoms with E-state index in [-0.39, 0.29) is 28.1 Å². The van der Waals surface area contributed by atoms with Crippen LogP contribution in [0.2, 0.25) is 0 Å². The van der Waals surface area contributed by atoms with Gasteiger partial charge < -0.3 is 10.1 Å². The van der Waals surface area contributed by atoms with Crippen LogP contribution in [0.15, 0.2) is 47.4 Å². The molecule has 148 valence electrons.